The van der Waals surface area contributed by atoms with Crippen molar-refractivity contribution in [3.8, 4) is 0 Å². The van der Waals surface area contributed by atoms with Crippen LogP contribution in [0.2, 0.25) is 5.28 Å². The van der Waals surface area contributed by atoms with E-state index in [1.165, 1.54) is 0 Å². The summed E-state index contributed by atoms with van der Waals surface area (Å²) in [6, 6.07) is 0. The molecular formula is C8H11ClFN3OS. The molecular weight excluding hydrogens is 241 g/mol. The van der Waals surface area contributed by atoms with Crippen molar-refractivity contribution in [2.24, 2.45) is 0 Å². The minimum atomic E-state index is -0.826. The van der Waals surface area contributed by atoms with Crippen LogP contribution in [-0.4, -0.2) is 32.7 Å². The number of anilines is 1. The van der Waals surface area contributed by atoms with Crippen molar-refractivity contribution in [1.29, 1.82) is 0 Å². The van der Waals surface area contributed by atoms with Crippen molar-refractivity contribution in [2.45, 2.75) is 6.42 Å². The number of aromatic nitrogens is 2. The summed E-state index contributed by atoms with van der Waals surface area (Å²) < 4.78 is 23.8. The molecule has 1 heterocycles. The van der Waals surface area contributed by atoms with E-state index in [-0.39, 0.29) is 11.1 Å². The Kier molecular flexibility index (Phi) is 4.90. The van der Waals surface area contributed by atoms with Crippen molar-refractivity contribution in [3.05, 3.63) is 17.3 Å². The predicted octanol–water partition coefficient (Wildman–Crippen LogP) is 1.45. The highest BCUT2D eigenvalue weighted by Crippen LogP contribution is 2.11. The highest BCUT2D eigenvalue weighted by atomic mass is 35.5. The maximum atomic E-state index is 13.0. The first-order valence-corrected chi connectivity index (χ1v) is 6.42. The first-order chi connectivity index (χ1) is 7.09. The van der Waals surface area contributed by atoms with Crippen LogP contribution >= 0.6 is 11.6 Å². The van der Waals surface area contributed by atoms with E-state index in [1.807, 2.05) is 0 Å². The topological polar surface area (TPSA) is 54.9 Å². The number of nitrogens with one attached hydrogen (secondary N) is 1. The molecule has 1 aromatic heterocycles. The van der Waals surface area contributed by atoms with Gasteiger partial charge in [-0.05, 0) is 18.0 Å². The molecule has 1 unspecified atom stereocenters. The van der Waals surface area contributed by atoms with Gasteiger partial charge in [0.15, 0.2) is 11.6 Å². The standard InChI is InChI=1S/C8H11ClFN3OS/c1-15(14)4-2-3-11-7-6(10)5-12-8(9)13-7/h5H,2-4H2,1H3,(H,11,12,13). The predicted molar refractivity (Wildman–Crippen MR) is 59.0 cm³/mol. The SMILES string of the molecule is CS(=O)CCCNc1nc(Cl)ncc1F. The zero-order valence-electron chi connectivity index (χ0n) is 8.17. The highest BCUT2D eigenvalue weighted by molar-refractivity contribution is 7.84. The van der Waals surface area contributed by atoms with Crippen LogP contribution in [0, 0.1) is 5.82 Å². The molecule has 1 N–H and O–H groups in total. The Balaban J connectivity index is 2.43. The van der Waals surface area contributed by atoms with E-state index < -0.39 is 16.6 Å². The van der Waals surface area contributed by atoms with Gasteiger partial charge in [0.25, 0.3) is 0 Å². The Hall–Kier alpha value is -0.750. The molecule has 1 aromatic rings. The lowest BCUT2D eigenvalue weighted by molar-refractivity contribution is 0.616. The summed E-state index contributed by atoms with van der Waals surface area (Å²) in [5, 5.41) is 2.76. The maximum absolute atomic E-state index is 13.0. The van der Waals surface area contributed by atoms with E-state index >= 15 is 0 Å². The van der Waals surface area contributed by atoms with Crippen molar-refractivity contribution >= 4 is 28.2 Å². The molecule has 0 aliphatic heterocycles. The molecule has 1 atom stereocenters. The van der Waals surface area contributed by atoms with E-state index in [0.29, 0.717) is 18.7 Å². The zero-order valence-corrected chi connectivity index (χ0v) is 9.74. The van der Waals surface area contributed by atoms with Crippen LogP contribution in [0.25, 0.3) is 0 Å². The summed E-state index contributed by atoms with van der Waals surface area (Å²) in [5.41, 5.74) is 0. The fourth-order valence-electron chi connectivity index (χ4n) is 0.952. The third-order valence-corrected chi connectivity index (χ3v) is 2.66. The van der Waals surface area contributed by atoms with Gasteiger partial charge >= 0.3 is 0 Å². The van der Waals surface area contributed by atoms with Gasteiger partial charge in [0, 0.05) is 29.4 Å². The van der Waals surface area contributed by atoms with Gasteiger partial charge in [0.1, 0.15) is 0 Å². The Morgan fingerprint density at radius 1 is 1.67 bits per heavy atom. The maximum Gasteiger partial charge on any atom is 0.224 e. The molecule has 0 spiro atoms. The average molecular weight is 252 g/mol. The van der Waals surface area contributed by atoms with Gasteiger partial charge in [-0.3, -0.25) is 4.21 Å². The van der Waals surface area contributed by atoms with Gasteiger partial charge in [-0.25, -0.2) is 9.37 Å². The molecule has 7 heteroatoms. The van der Waals surface area contributed by atoms with Crippen LogP contribution in [0.4, 0.5) is 10.2 Å². The fourth-order valence-corrected chi connectivity index (χ4v) is 1.64. The molecule has 0 aliphatic rings. The molecule has 0 amide bonds. The second-order valence-corrected chi connectivity index (χ2v) is 4.79. The summed E-state index contributed by atoms with van der Waals surface area (Å²) >= 11 is 5.50. The lowest BCUT2D eigenvalue weighted by atomic mass is 10.4. The summed E-state index contributed by atoms with van der Waals surface area (Å²) in [4.78, 5) is 7.17. The van der Waals surface area contributed by atoms with Crippen molar-refractivity contribution in [1.82, 2.24) is 9.97 Å². The summed E-state index contributed by atoms with van der Waals surface area (Å²) in [6.07, 6.45) is 3.32. The molecule has 0 aromatic carbocycles. The first-order valence-electron chi connectivity index (χ1n) is 4.31. The van der Waals surface area contributed by atoms with E-state index in [1.54, 1.807) is 6.26 Å². The summed E-state index contributed by atoms with van der Waals surface area (Å²) in [5.74, 6) is 0.113. The molecule has 0 aliphatic carbocycles. The quantitative estimate of drug-likeness (QED) is 0.636. The monoisotopic (exact) mass is 251 g/mol. The molecule has 0 fully saturated rings. The lowest BCUT2D eigenvalue weighted by Crippen LogP contribution is -2.09. The van der Waals surface area contributed by atoms with Gasteiger partial charge in [0.05, 0.1) is 6.20 Å². The van der Waals surface area contributed by atoms with E-state index in [4.69, 9.17) is 11.6 Å². The van der Waals surface area contributed by atoms with E-state index in [2.05, 4.69) is 15.3 Å². The smallest absolute Gasteiger partial charge is 0.224 e. The fraction of sp³-hybridized carbons (Fsp3) is 0.500. The van der Waals surface area contributed by atoms with Gasteiger partial charge in [0.2, 0.25) is 5.28 Å². The summed E-state index contributed by atoms with van der Waals surface area (Å²) in [7, 11) is -0.826. The van der Waals surface area contributed by atoms with Crippen LogP contribution in [0.3, 0.4) is 0 Å². The molecule has 4 nitrogen and oxygen atoms in total. The van der Waals surface area contributed by atoms with E-state index in [0.717, 1.165) is 6.20 Å². The normalized spacial score (nSPS) is 12.5. The van der Waals surface area contributed by atoms with Crippen molar-refractivity contribution in [2.75, 3.05) is 23.9 Å². The Labute approximate surface area is 94.7 Å². The number of hydrogen-bond donors (Lipinski definition) is 1. The van der Waals surface area contributed by atoms with Crippen LogP contribution < -0.4 is 5.32 Å². The minimum absolute atomic E-state index is 0.00188. The Bertz CT molecular complexity index is 364. The second kappa shape index (κ2) is 5.97. The van der Waals surface area contributed by atoms with Gasteiger partial charge in [-0.2, -0.15) is 4.98 Å². The molecule has 0 saturated heterocycles. The largest absolute Gasteiger partial charge is 0.367 e. The van der Waals surface area contributed by atoms with Crippen LogP contribution in [0.5, 0.6) is 0 Å². The molecule has 0 bridgehead atoms. The van der Waals surface area contributed by atoms with Gasteiger partial charge in [-0.1, -0.05) is 0 Å². The molecule has 84 valence electrons. The van der Waals surface area contributed by atoms with E-state index in [9.17, 15) is 8.60 Å². The third kappa shape index (κ3) is 4.53. The number of rotatable bonds is 5. The van der Waals surface area contributed by atoms with Crippen molar-refractivity contribution in [3.63, 3.8) is 0 Å². The number of halogens is 2. The Morgan fingerprint density at radius 3 is 3.07 bits per heavy atom. The summed E-state index contributed by atoms with van der Waals surface area (Å²) in [6.45, 7) is 0.504. The van der Waals surface area contributed by atoms with Gasteiger partial charge in [-0.15, -0.1) is 0 Å². The molecule has 15 heavy (non-hydrogen) atoms. The molecule has 0 saturated carbocycles. The third-order valence-electron chi connectivity index (χ3n) is 1.62. The average Bonchev–Trinajstić information content (AvgIpc) is 2.17. The number of nitrogens with zero attached hydrogens (tertiary/aromatic N) is 2. The van der Waals surface area contributed by atoms with Crippen LogP contribution in [0.1, 0.15) is 6.42 Å². The second-order valence-electron chi connectivity index (χ2n) is 2.89. The highest BCUT2D eigenvalue weighted by Gasteiger charge is 2.04. The van der Waals surface area contributed by atoms with Crippen LogP contribution in [-0.2, 0) is 10.8 Å². The molecule has 0 radical (unpaired) electrons. The van der Waals surface area contributed by atoms with Crippen molar-refractivity contribution < 1.29 is 8.60 Å². The lowest BCUT2D eigenvalue weighted by Gasteiger charge is -2.05. The van der Waals surface area contributed by atoms with Crippen LogP contribution in [0.15, 0.2) is 6.20 Å². The first kappa shape index (κ1) is 12.3. The minimum Gasteiger partial charge on any atom is -0.367 e. The Morgan fingerprint density at radius 2 is 2.40 bits per heavy atom. The zero-order chi connectivity index (χ0) is 11.3. The van der Waals surface area contributed by atoms with Gasteiger partial charge < -0.3 is 5.32 Å². The molecule has 1 rings (SSSR count). The number of hydrogen-bond acceptors (Lipinski definition) is 4.